The number of carbonyl (C=O) groups excluding carboxylic acids is 3. The highest BCUT2D eigenvalue weighted by molar-refractivity contribution is 6.31. The van der Waals surface area contributed by atoms with E-state index in [1.54, 1.807) is 20.8 Å². The fourth-order valence-electron chi connectivity index (χ4n) is 1.86. The number of benzene rings is 1. The van der Waals surface area contributed by atoms with Crippen molar-refractivity contribution in [3.05, 3.63) is 28.8 Å². The minimum absolute atomic E-state index is 0.217. The van der Waals surface area contributed by atoms with Gasteiger partial charge in [0.25, 0.3) is 0 Å². The molecular weight excluding hydrogens is 370 g/mol. The molecule has 0 saturated heterocycles. The van der Waals surface area contributed by atoms with Crippen LogP contribution in [-0.4, -0.2) is 35.8 Å². The molecule has 0 fully saturated rings. The number of ether oxygens (including phenoxy) is 1. The van der Waals surface area contributed by atoms with Crippen LogP contribution < -0.4 is 16.8 Å². The smallest absolute Gasteiger partial charge is 0.325 e. The summed E-state index contributed by atoms with van der Waals surface area (Å²) >= 11 is 5.77. The van der Waals surface area contributed by atoms with E-state index in [9.17, 15) is 14.4 Å². The lowest BCUT2D eigenvalue weighted by atomic mass is 10.0. The first-order valence-electron chi connectivity index (χ1n) is 8.74. The molecule has 1 amide bonds. The number of rotatable bonds is 6. The molecule has 0 aromatic heterocycles. The Morgan fingerprint density at radius 3 is 2.26 bits per heavy atom. The minimum Gasteiger partial charge on any atom is -0.459 e. The van der Waals surface area contributed by atoms with E-state index < -0.39 is 23.5 Å². The van der Waals surface area contributed by atoms with E-state index in [4.69, 9.17) is 27.8 Å². The van der Waals surface area contributed by atoms with Crippen LogP contribution in [0.3, 0.4) is 0 Å². The second-order valence-electron chi connectivity index (χ2n) is 6.98. The molecule has 0 aliphatic heterocycles. The number of esters is 1. The third-order valence-corrected chi connectivity index (χ3v) is 3.12. The van der Waals surface area contributed by atoms with Gasteiger partial charge in [-0.3, -0.25) is 14.4 Å². The molecule has 1 aromatic carbocycles. The first-order chi connectivity index (χ1) is 12.4. The van der Waals surface area contributed by atoms with Crippen molar-refractivity contribution in [2.45, 2.75) is 59.1 Å². The van der Waals surface area contributed by atoms with Gasteiger partial charge in [0.05, 0.1) is 6.04 Å². The Hall–Kier alpha value is -2.12. The molecule has 8 heteroatoms. The molecular formula is C19H30ClN3O4. The third-order valence-electron chi connectivity index (χ3n) is 2.88. The number of hydrogen-bond donors (Lipinski definition) is 3. The van der Waals surface area contributed by atoms with E-state index in [0.29, 0.717) is 5.02 Å². The van der Waals surface area contributed by atoms with Crippen LogP contribution in [0.15, 0.2) is 18.2 Å². The summed E-state index contributed by atoms with van der Waals surface area (Å²) in [5.74, 6) is -1.60. The molecule has 7 nitrogen and oxygen atoms in total. The Bertz CT molecular complexity index is 657. The molecule has 0 aliphatic carbocycles. The third kappa shape index (κ3) is 10.6. The first-order valence-corrected chi connectivity index (χ1v) is 9.12. The van der Waals surface area contributed by atoms with Crippen molar-refractivity contribution in [1.82, 2.24) is 5.32 Å². The van der Waals surface area contributed by atoms with E-state index >= 15 is 0 Å². The summed E-state index contributed by atoms with van der Waals surface area (Å²) in [6, 6.07) is 3.35. The van der Waals surface area contributed by atoms with Gasteiger partial charge in [-0.2, -0.15) is 0 Å². The van der Waals surface area contributed by atoms with Gasteiger partial charge in [-0.1, -0.05) is 31.9 Å². The van der Waals surface area contributed by atoms with Crippen LogP contribution in [-0.2, 0) is 14.3 Å². The van der Waals surface area contributed by atoms with Crippen molar-refractivity contribution in [3.8, 4) is 0 Å². The zero-order valence-corrected chi connectivity index (χ0v) is 17.4. The number of Topliss-reactive ketones (excluding diaryl/α,β-unsaturated/α-hetero) is 1. The van der Waals surface area contributed by atoms with Gasteiger partial charge < -0.3 is 21.5 Å². The first kappa shape index (κ1) is 24.9. The number of nitrogen functional groups attached to an aromatic ring is 1. The predicted octanol–water partition coefficient (Wildman–Crippen LogP) is 2.70. The number of ketones is 1. The lowest BCUT2D eigenvalue weighted by Gasteiger charge is -2.20. The summed E-state index contributed by atoms with van der Waals surface area (Å²) < 4.78 is 5.05. The molecule has 0 radical (unpaired) electrons. The summed E-state index contributed by atoms with van der Waals surface area (Å²) in [6.45, 7) is 9.08. The van der Waals surface area contributed by atoms with Crippen LogP contribution in [0.2, 0.25) is 5.02 Å². The number of carbonyl (C=O) groups is 3. The number of nitrogens with one attached hydrogen (secondary N) is 1. The van der Waals surface area contributed by atoms with Gasteiger partial charge >= 0.3 is 5.97 Å². The molecule has 1 aromatic rings. The molecule has 0 heterocycles. The molecule has 0 bridgehead atoms. The van der Waals surface area contributed by atoms with Crippen molar-refractivity contribution < 1.29 is 19.1 Å². The molecule has 0 aliphatic rings. The summed E-state index contributed by atoms with van der Waals surface area (Å²) in [6.07, 6.45) is 1.01. The van der Waals surface area contributed by atoms with E-state index in [1.165, 1.54) is 24.6 Å². The highest BCUT2D eigenvalue weighted by Crippen LogP contribution is 2.19. The zero-order chi connectivity index (χ0) is 21.2. The second kappa shape index (κ2) is 11.6. The normalized spacial score (nSPS) is 11.7. The van der Waals surface area contributed by atoms with E-state index in [2.05, 4.69) is 19.2 Å². The standard InChI is InChI=1S/C16H22ClN3O4.C3H8/c1-16(2,3)24-14(22)8-20-15(23)12(19)7-13(21)10-5-4-9(17)6-11(10)18;1-3-2/h4-6,12H,7-8,18-19H2,1-3H3,(H,20,23);3H2,1-2H3. The number of anilines is 1. The summed E-state index contributed by atoms with van der Waals surface area (Å²) in [4.78, 5) is 35.5. The highest BCUT2D eigenvalue weighted by atomic mass is 35.5. The van der Waals surface area contributed by atoms with Gasteiger partial charge in [0, 0.05) is 22.7 Å². The second-order valence-corrected chi connectivity index (χ2v) is 7.41. The SMILES string of the molecule is CC(C)(C)OC(=O)CNC(=O)C(N)CC(=O)c1ccc(Cl)cc1N.CCC. The van der Waals surface area contributed by atoms with Crippen LogP contribution in [0.1, 0.15) is 57.8 Å². The highest BCUT2D eigenvalue weighted by Gasteiger charge is 2.22. The molecule has 1 atom stereocenters. The quantitative estimate of drug-likeness (QED) is 0.383. The molecule has 1 unspecified atom stereocenters. The molecule has 5 N–H and O–H groups in total. The van der Waals surface area contributed by atoms with Gasteiger partial charge in [0.15, 0.2) is 5.78 Å². The number of nitrogens with two attached hydrogens (primary N) is 2. The fraction of sp³-hybridized carbons (Fsp3) is 0.526. The maximum Gasteiger partial charge on any atom is 0.325 e. The monoisotopic (exact) mass is 399 g/mol. The van der Waals surface area contributed by atoms with Crippen molar-refractivity contribution in [2.24, 2.45) is 5.73 Å². The molecule has 0 spiro atoms. The molecule has 152 valence electrons. The predicted molar refractivity (Wildman–Crippen MR) is 108 cm³/mol. The van der Waals surface area contributed by atoms with Crippen molar-refractivity contribution in [2.75, 3.05) is 12.3 Å². The minimum atomic E-state index is -1.10. The van der Waals surface area contributed by atoms with Crippen LogP contribution >= 0.6 is 11.6 Å². The Morgan fingerprint density at radius 1 is 1.22 bits per heavy atom. The van der Waals surface area contributed by atoms with Crippen molar-refractivity contribution in [3.63, 3.8) is 0 Å². The van der Waals surface area contributed by atoms with Crippen LogP contribution in [0, 0.1) is 0 Å². The topological polar surface area (TPSA) is 125 Å². The van der Waals surface area contributed by atoms with Crippen molar-refractivity contribution in [1.29, 1.82) is 0 Å². The summed E-state index contributed by atoms with van der Waals surface area (Å²) in [5, 5.41) is 2.75. The van der Waals surface area contributed by atoms with E-state index in [0.717, 1.165) is 0 Å². The van der Waals surface area contributed by atoms with Crippen LogP contribution in [0.5, 0.6) is 0 Å². The fourth-order valence-corrected chi connectivity index (χ4v) is 2.04. The van der Waals surface area contributed by atoms with Gasteiger partial charge in [-0.05, 0) is 39.0 Å². The summed E-state index contributed by atoms with van der Waals surface area (Å²) in [7, 11) is 0. The molecule has 1 rings (SSSR count). The molecule has 0 saturated carbocycles. The maximum atomic E-state index is 12.1. The van der Waals surface area contributed by atoms with Gasteiger partial charge in [0.2, 0.25) is 5.91 Å². The number of halogens is 1. The van der Waals surface area contributed by atoms with Gasteiger partial charge in [-0.15, -0.1) is 0 Å². The Kier molecular flexibility index (Phi) is 10.7. The van der Waals surface area contributed by atoms with Crippen LogP contribution in [0.25, 0.3) is 0 Å². The average Bonchev–Trinajstić information content (AvgIpc) is 2.51. The summed E-state index contributed by atoms with van der Waals surface area (Å²) in [5.41, 5.74) is 11.2. The van der Waals surface area contributed by atoms with Crippen LogP contribution in [0.4, 0.5) is 5.69 Å². The number of amides is 1. The average molecular weight is 400 g/mol. The van der Waals surface area contributed by atoms with Crippen molar-refractivity contribution >= 4 is 34.9 Å². The largest absolute Gasteiger partial charge is 0.459 e. The van der Waals surface area contributed by atoms with Gasteiger partial charge in [0.1, 0.15) is 12.1 Å². The Morgan fingerprint density at radius 2 is 1.78 bits per heavy atom. The maximum absolute atomic E-state index is 12.1. The molecule has 27 heavy (non-hydrogen) atoms. The zero-order valence-electron chi connectivity index (χ0n) is 16.6. The number of hydrogen-bond acceptors (Lipinski definition) is 6. The van der Waals surface area contributed by atoms with Gasteiger partial charge in [-0.25, -0.2) is 0 Å². The lowest BCUT2D eigenvalue weighted by molar-refractivity contribution is -0.154. The Labute approximate surface area is 165 Å². The Balaban J connectivity index is 0.00000210. The van der Waals surface area contributed by atoms with E-state index in [-0.39, 0.29) is 30.0 Å². The lowest BCUT2D eigenvalue weighted by Crippen LogP contribution is -2.44. The van der Waals surface area contributed by atoms with E-state index in [1.807, 2.05) is 0 Å².